The number of halogens is 1. The number of rotatable bonds is 3. The van der Waals surface area contributed by atoms with E-state index in [1.165, 1.54) is 0 Å². The number of nitrogens with one attached hydrogen (secondary N) is 2. The molecule has 0 bridgehead atoms. The minimum atomic E-state index is -0.114. The molecule has 1 unspecified atom stereocenters. The normalized spacial score (nSPS) is 17.6. The summed E-state index contributed by atoms with van der Waals surface area (Å²) in [5.74, 6) is 0.851. The summed E-state index contributed by atoms with van der Waals surface area (Å²) in [6.45, 7) is 7.81. The lowest BCUT2D eigenvalue weighted by molar-refractivity contribution is 0.222. The second-order valence-corrected chi connectivity index (χ2v) is 7.50. The minimum Gasteiger partial charge on any atom is -0.493 e. The van der Waals surface area contributed by atoms with Crippen LogP contribution in [0.15, 0.2) is 22.7 Å². The van der Waals surface area contributed by atoms with Gasteiger partial charge in [-0.25, -0.2) is 4.79 Å². The van der Waals surface area contributed by atoms with E-state index in [9.17, 15) is 4.79 Å². The molecule has 2 amide bonds. The minimum absolute atomic E-state index is 0.000821. The van der Waals surface area contributed by atoms with E-state index in [-0.39, 0.29) is 17.5 Å². The molecule has 2 rings (SSSR count). The average Bonchev–Trinajstić information content (AvgIpc) is 2.38. The van der Waals surface area contributed by atoms with Crippen molar-refractivity contribution in [3.8, 4) is 5.75 Å². The van der Waals surface area contributed by atoms with Crippen LogP contribution in [0.25, 0.3) is 0 Å². The molecule has 116 valence electrons. The fraction of sp³-hybridized carbons (Fsp3) is 0.562. The van der Waals surface area contributed by atoms with Gasteiger partial charge in [0.15, 0.2) is 0 Å². The van der Waals surface area contributed by atoms with Crippen LogP contribution in [0.2, 0.25) is 0 Å². The molecule has 0 radical (unpaired) electrons. The highest BCUT2D eigenvalue weighted by Gasteiger charge is 2.23. The molecule has 1 aromatic rings. The molecule has 5 heteroatoms. The summed E-state index contributed by atoms with van der Waals surface area (Å²) in [4.78, 5) is 12.0. The molecule has 4 nitrogen and oxygen atoms in total. The highest BCUT2D eigenvalue weighted by atomic mass is 79.9. The lowest BCUT2D eigenvalue weighted by Crippen LogP contribution is -2.40. The third-order valence-corrected chi connectivity index (χ3v) is 3.97. The molecular formula is C16H23BrN2O2. The summed E-state index contributed by atoms with van der Waals surface area (Å²) in [6, 6.07) is 5.78. The standard InChI is InChI=1S/C16H23BrN2O2/c1-16(2,3)7-8-18-15(20)19-13-6-9-21-14-5-4-11(17)10-12(13)14/h4-5,10,13H,6-9H2,1-3H3,(H2,18,19,20). The van der Waals surface area contributed by atoms with Gasteiger partial charge in [-0.3, -0.25) is 0 Å². The van der Waals surface area contributed by atoms with Crippen molar-refractivity contribution in [3.63, 3.8) is 0 Å². The first kappa shape index (κ1) is 16.1. The second kappa shape index (κ2) is 6.69. The van der Waals surface area contributed by atoms with Gasteiger partial charge in [0.2, 0.25) is 0 Å². The summed E-state index contributed by atoms with van der Waals surface area (Å²) >= 11 is 3.46. The SMILES string of the molecule is CC(C)(C)CCNC(=O)NC1CCOc2ccc(Br)cc21. The van der Waals surface area contributed by atoms with Gasteiger partial charge in [-0.2, -0.15) is 0 Å². The summed E-state index contributed by atoms with van der Waals surface area (Å²) in [6.07, 6.45) is 1.74. The van der Waals surface area contributed by atoms with Crippen molar-refractivity contribution in [2.24, 2.45) is 5.41 Å². The van der Waals surface area contributed by atoms with Gasteiger partial charge in [-0.05, 0) is 30.0 Å². The zero-order chi connectivity index (χ0) is 15.5. The summed E-state index contributed by atoms with van der Waals surface area (Å²) in [5.41, 5.74) is 1.25. The molecule has 21 heavy (non-hydrogen) atoms. The highest BCUT2D eigenvalue weighted by Crippen LogP contribution is 2.33. The Morgan fingerprint density at radius 3 is 2.90 bits per heavy atom. The molecule has 1 aromatic carbocycles. The molecule has 2 N–H and O–H groups in total. The van der Waals surface area contributed by atoms with Gasteiger partial charge in [-0.1, -0.05) is 36.7 Å². The van der Waals surface area contributed by atoms with E-state index in [0.29, 0.717) is 13.2 Å². The predicted octanol–water partition coefficient (Wildman–Crippen LogP) is 4.01. The molecule has 0 spiro atoms. The predicted molar refractivity (Wildman–Crippen MR) is 87.6 cm³/mol. The van der Waals surface area contributed by atoms with Gasteiger partial charge in [0.25, 0.3) is 0 Å². The first-order valence-electron chi connectivity index (χ1n) is 7.32. The summed E-state index contributed by atoms with van der Waals surface area (Å²) in [7, 11) is 0. The van der Waals surface area contributed by atoms with Gasteiger partial charge in [-0.15, -0.1) is 0 Å². The Morgan fingerprint density at radius 2 is 2.19 bits per heavy atom. The smallest absolute Gasteiger partial charge is 0.315 e. The van der Waals surface area contributed by atoms with Crippen molar-refractivity contribution in [2.75, 3.05) is 13.2 Å². The maximum Gasteiger partial charge on any atom is 0.315 e. The Hall–Kier alpha value is -1.23. The highest BCUT2D eigenvalue weighted by molar-refractivity contribution is 9.10. The molecule has 1 aliphatic rings. The van der Waals surface area contributed by atoms with Crippen LogP contribution >= 0.6 is 15.9 Å². The summed E-state index contributed by atoms with van der Waals surface area (Å²) in [5, 5.41) is 5.97. The summed E-state index contributed by atoms with van der Waals surface area (Å²) < 4.78 is 6.62. The zero-order valence-corrected chi connectivity index (χ0v) is 14.4. The quantitative estimate of drug-likeness (QED) is 0.861. The van der Waals surface area contributed by atoms with Gasteiger partial charge in [0, 0.05) is 23.0 Å². The monoisotopic (exact) mass is 354 g/mol. The Morgan fingerprint density at radius 1 is 1.43 bits per heavy atom. The number of hydrogen-bond acceptors (Lipinski definition) is 2. The van der Waals surface area contributed by atoms with E-state index in [1.54, 1.807) is 0 Å². The van der Waals surface area contributed by atoms with Crippen molar-refractivity contribution >= 4 is 22.0 Å². The van der Waals surface area contributed by atoms with Gasteiger partial charge >= 0.3 is 6.03 Å². The molecule has 0 fully saturated rings. The lowest BCUT2D eigenvalue weighted by Gasteiger charge is -2.27. The Balaban J connectivity index is 1.92. The van der Waals surface area contributed by atoms with Gasteiger partial charge < -0.3 is 15.4 Å². The van der Waals surface area contributed by atoms with Gasteiger partial charge in [0.1, 0.15) is 5.75 Å². The van der Waals surface area contributed by atoms with Crippen molar-refractivity contribution in [1.29, 1.82) is 0 Å². The number of carbonyl (C=O) groups is 1. The number of urea groups is 1. The third kappa shape index (κ3) is 4.92. The number of amides is 2. The lowest BCUT2D eigenvalue weighted by atomic mass is 9.92. The van der Waals surface area contributed by atoms with Crippen molar-refractivity contribution < 1.29 is 9.53 Å². The third-order valence-electron chi connectivity index (χ3n) is 3.48. The van der Waals surface area contributed by atoms with E-state index in [4.69, 9.17) is 4.74 Å². The van der Waals surface area contributed by atoms with E-state index in [2.05, 4.69) is 47.3 Å². The number of ether oxygens (including phenoxy) is 1. The second-order valence-electron chi connectivity index (χ2n) is 6.58. The largest absolute Gasteiger partial charge is 0.493 e. The molecule has 0 aromatic heterocycles. The van der Waals surface area contributed by atoms with Crippen LogP contribution in [0, 0.1) is 5.41 Å². The first-order valence-corrected chi connectivity index (χ1v) is 8.11. The maximum atomic E-state index is 12.0. The molecule has 1 aliphatic heterocycles. The first-order chi connectivity index (χ1) is 9.85. The number of carbonyl (C=O) groups excluding carboxylic acids is 1. The maximum absolute atomic E-state index is 12.0. The van der Waals surface area contributed by atoms with E-state index < -0.39 is 0 Å². The van der Waals surface area contributed by atoms with Crippen LogP contribution in [-0.2, 0) is 0 Å². The molecule has 0 saturated heterocycles. The van der Waals surface area contributed by atoms with Crippen LogP contribution in [0.3, 0.4) is 0 Å². The van der Waals surface area contributed by atoms with Crippen LogP contribution < -0.4 is 15.4 Å². The van der Waals surface area contributed by atoms with Crippen molar-refractivity contribution in [1.82, 2.24) is 10.6 Å². The van der Waals surface area contributed by atoms with Gasteiger partial charge in [0.05, 0.1) is 12.6 Å². The fourth-order valence-electron chi connectivity index (χ4n) is 2.28. The fourth-order valence-corrected chi connectivity index (χ4v) is 2.65. The number of fused-ring (bicyclic) bond motifs is 1. The Bertz CT molecular complexity index is 511. The van der Waals surface area contributed by atoms with Crippen LogP contribution in [0.5, 0.6) is 5.75 Å². The topological polar surface area (TPSA) is 50.4 Å². The van der Waals surface area contributed by atoms with Crippen molar-refractivity contribution in [3.05, 3.63) is 28.2 Å². The zero-order valence-electron chi connectivity index (χ0n) is 12.8. The van der Waals surface area contributed by atoms with E-state index in [0.717, 1.165) is 28.6 Å². The molecule has 0 saturated carbocycles. The molecule has 1 atom stereocenters. The van der Waals surface area contributed by atoms with Crippen molar-refractivity contribution in [2.45, 2.75) is 39.7 Å². The number of hydrogen-bond donors (Lipinski definition) is 2. The van der Waals surface area contributed by atoms with E-state index >= 15 is 0 Å². The van der Waals surface area contributed by atoms with Crippen LogP contribution in [0.4, 0.5) is 4.79 Å². The van der Waals surface area contributed by atoms with E-state index in [1.807, 2.05) is 18.2 Å². The average molecular weight is 355 g/mol. The van der Waals surface area contributed by atoms with Crippen LogP contribution in [0.1, 0.15) is 45.2 Å². The molecular weight excluding hydrogens is 332 g/mol. The molecule has 1 heterocycles. The Labute approximate surface area is 134 Å². The number of benzene rings is 1. The van der Waals surface area contributed by atoms with Crippen LogP contribution in [-0.4, -0.2) is 19.2 Å². The Kier molecular flexibility index (Phi) is 5.14. The molecule has 0 aliphatic carbocycles.